The van der Waals surface area contributed by atoms with Crippen molar-refractivity contribution in [1.29, 1.82) is 0 Å². The van der Waals surface area contributed by atoms with Crippen LogP contribution in [0, 0.1) is 19.7 Å². The minimum absolute atomic E-state index is 0.0695. The highest BCUT2D eigenvalue weighted by atomic mass is 32.2. The highest BCUT2D eigenvalue weighted by molar-refractivity contribution is 7.89. The molecule has 2 heterocycles. The summed E-state index contributed by atoms with van der Waals surface area (Å²) in [6.45, 7) is 4.85. The van der Waals surface area contributed by atoms with Crippen LogP contribution in [0.4, 0.5) is 4.39 Å². The van der Waals surface area contributed by atoms with Crippen LogP contribution in [-0.4, -0.2) is 59.5 Å². The molecule has 1 aromatic carbocycles. The molecule has 1 amide bonds. The van der Waals surface area contributed by atoms with Gasteiger partial charge < -0.3 is 4.90 Å². The molecule has 7 nitrogen and oxygen atoms in total. The Bertz CT molecular complexity index is 918. The molecule has 3 rings (SSSR count). The lowest BCUT2D eigenvalue weighted by Crippen LogP contribution is -2.51. The van der Waals surface area contributed by atoms with Crippen LogP contribution in [0.1, 0.15) is 11.4 Å². The summed E-state index contributed by atoms with van der Waals surface area (Å²) in [7, 11) is -3.76. The molecule has 0 bridgehead atoms. The number of benzene rings is 1. The van der Waals surface area contributed by atoms with Crippen LogP contribution in [-0.2, 0) is 21.4 Å². The average Bonchev–Trinajstić information content (AvgIpc) is 2.92. The Morgan fingerprint density at radius 1 is 1.15 bits per heavy atom. The first-order chi connectivity index (χ1) is 12.3. The van der Waals surface area contributed by atoms with E-state index in [1.807, 2.05) is 19.9 Å². The van der Waals surface area contributed by atoms with E-state index in [9.17, 15) is 17.6 Å². The molecule has 0 unspecified atom stereocenters. The number of hydrogen-bond donors (Lipinski definition) is 0. The summed E-state index contributed by atoms with van der Waals surface area (Å²) in [5.41, 5.74) is 1.75. The van der Waals surface area contributed by atoms with Crippen LogP contribution in [0.25, 0.3) is 0 Å². The van der Waals surface area contributed by atoms with Gasteiger partial charge in [-0.05, 0) is 38.1 Å². The largest absolute Gasteiger partial charge is 0.338 e. The summed E-state index contributed by atoms with van der Waals surface area (Å²) in [5, 5.41) is 4.27. The molecular weight excluding hydrogens is 359 g/mol. The number of aryl methyl sites for hydroxylation is 2. The first-order valence-corrected chi connectivity index (χ1v) is 9.76. The van der Waals surface area contributed by atoms with Gasteiger partial charge >= 0.3 is 0 Å². The molecule has 0 atom stereocenters. The third-order valence-electron chi connectivity index (χ3n) is 4.41. The lowest BCUT2D eigenvalue weighted by molar-refractivity contribution is -0.133. The molecule has 1 aliphatic heterocycles. The molecule has 140 valence electrons. The van der Waals surface area contributed by atoms with Gasteiger partial charge in [0.1, 0.15) is 12.4 Å². The first-order valence-electron chi connectivity index (χ1n) is 8.32. The Kier molecular flexibility index (Phi) is 5.10. The molecule has 1 aliphatic rings. The number of sulfonamides is 1. The van der Waals surface area contributed by atoms with Crippen LogP contribution in [0.5, 0.6) is 0 Å². The van der Waals surface area contributed by atoms with E-state index >= 15 is 0 Å². The molecule has 26 heavy (non-hydrogen) atoms. The van der Waals surface area contributed by atoms with Gasteiger partial charge in [-0.2, -0.15) is 9.40 Å². The van der Waals surface area contributed by atoms with E-state index in [-0.39, 0.29) is 30.4 Å². The highest BCUT2D eigenvalue weighted by Crippen LogP contribution is 2.18. The summed E-state index contributed by atoms with van der Waals surface area (Å²) < 4.78 is 41.5. The zero-order chi connectivity index (χ0) is 18.9. The number of rotatable bonds is 4. The predicted molar refractivity (Wildman–Crippen MR) is 93.4 cm³/mol. The Morgan fingerprint density at radius 2 is 1.85 bits per heavy atom. The van der Waals surface area contributed by atoms with Gasteiger partial charge in [-0.15, -0.1) is 0 Å². The average molecular weight is 380 g/mol. The van der Waals surface area contributed by atoms with Crippen LogP contribution in [0.2, 0.25) is 0 Å². The van der Waals surface area contributed by atoms with Crippen molar-refractivity contribution >= 4 is 15.9 Å². The van der Waals surface area contributed by atoms with Gasteiger partial charge in [-0.1, -0.05) is 6.07 Å². The van der Waals surface area contributed by atoms with Crippen molar-refractivity contribution in [3.05, 3.63) is 47.5 Å². The number of piperazine rings is 1. The number of nitrogens with zero attached hydrogens (tertiary/aromatic N) is 4. The van der Waals surface area contributed by atoms with Gasteiger partial charge in [0.15, 0.2) is 0 Å². The van der Waals surface area contributed by atoms with Gasteiger partial charge in [0.2, 0.25) is 15.9 Å². The quantitative estimate of drug-likeness (QED) is 0.798. The fourth-order valence-electron chi connectivity index (χ4n) is 3.02. The van der Waals surface area contributed by atoms with E-state index in [1.54, 1.807) is 9.58 Å². The van der Waals surface area contributed by atoms with E-state index in [2.05, 4.69) is 5.10 Å². The van der Waals surface area contributed by atoms with Crippen molar-refractivity contribution in [3.8, 4) is 0 Å². The van der Waals surface area contributed by atoms with E-state index in [4.69, 9.17) is 0 Å². The van der Waals surface area contributed by atoms with Crippen molar-refractivity contribution in [2.75, 3.05) is 26.2 Å². The molecule has 0 N–H and O–H groups in total. The Balaban J connectivity index is 1.63. The van der Waals surface area contributed by atoms with Gasteiger partial charge in [-0.25, -0.2) is 12.8 Å². The van der Waals surface area contributed by atoms with Gasteiger partial charge in [0, 0.05) is 31.9 Å². The van der Waals surface area contributed by atoms with Crippen LogP contribution in [0.15, 0.2) is 35.2 Å². The fraction of sp³-hybridized carbons (Fsp3) is 0.412. The number of amides is 1. The smallest absolute Gasteiger partial charge is 0.244 e. The molecule has 9 heteroatoms. The maximum atomic E-state index is 13.3. The maximum absolute atomic E-state index is 13.3. The molecule has 1 fully saturated rings. The SMILES string of the molecule is Cc1cc(C)n(CC(=O)N2CCN(S(=O)(=O)c3cccc(F)c3)CC2)n1. The van der Waals surface area contributed by atoms with E-state index in [0.29, 0.717) is 13.1 Å². The maximum Gasteiger partial charge on any atom is 0.244 e. The Labute approximate surface area is 152 Å². The number of carbonyl (C=O) groups excluding carboxylic acids is 1. The summed E-state index contributed by atoms with van der Waals surface area (Å²) >= 11 is 0. The second-order valence-electron chi connectivity index (χ2n) is 6.33. The monoisotopic (exact) mass is 380 g/mol. The molecule has 1 saturated heterocycles. The standard InChI is InChI=1S/C17H21FN4O3S/c1-13-10-14(2)22(19-13)12-17(23)20-6-8-21(9-7-20)26(24,25)16-5-3-4-15(18)11-16/h3-5,10-11H,6-9,12H2,1-2H3. The summed E-state index contributed by atoms with van der Waals surface area (Å²) in [5.74, 6) is -0.691. The van der Waals surface area contributed by atoms with Gasteiger partial charge in [-0.3, -0.25) is 9.48 Å². The minimum Gasteiger partial charge on any atom is -0.338 e. The Morgan fingerprint density at radius 3 is 2.42 bits per heavy atom. The Hall–Kier alpha value is -2.26. The fourth-order valence-corrected chi connectivity index (χ4v) is 4.47. The third kappa shape index (κ3) is 3.78. The summed E-state index contributed by atoms with van der Waals surface area (Å²) in [4.78, 5) is 14.0. The van der Waals surface area contributed by atoms with Gasteiger partial charge in [0.05, 0.1) is 10.6 Å². The highest BCUT2D eigenvalue weighted by Gasteiger charge is 2.30. The number of halogens is 1. The van der Waals surface area contributed by atoms with Crippen molar-refractivity contribution < 1.29 is 17.6 Å². The number of aromatic nitrogens is 2. The van der Waals surface area contributed by atoms with Crippen molar-refractivity contribution in [3.63, 3.8) is 0 Å². The molecule has 0 radical (unpaired) electrons. The lowest BCUT2D eigenvalue weighted by atomic mass is 10.3. The van der Waals surface area contributed by atoms with E-state index in [0.717, 1.165) is 17.5 Å². The van der Waals surface area contributed by atoms with Crippen LogP contribution < -0.4 is 0 Å². The second kappa shape index (κ2) is 7.16. The molecule has 0 saturated carbocycles. The van der Waals surface area contributed by atoms with E-state index in [1.165, 1.54) is 22.5 Å². The summed E-state index contributed by atoms with van der Waals surface area (Å²) in [6, 6.07) is 6.86. The molecule has 2 aromatic rings. The number of carbonyl (C=O) groups is 1. The minimum atomic E-state index is -3.76. The lowest BCUT2D eigenvalue weighted by Gasteiger charge is -2.34. The molecule has 1 aromatic heterocycles. The van der Waals surface area contributed by atoms with Crippen LogP contribution >= 0.6 is 0 Å². The van der Waals surface area contributed by atoms with Crippen molar-refractivity contribution in [2.45, 2.75) is 25.3 Å². The topological polar surface area (TPSA) is 75.5 Å². The van der Waals surface area contributed by atoms with Crippen molar-refractivity contribution in [1.82, 2.24) is 19.0 Å². The van der Waals surface area contributed by atoms with E-state index < -0.39 is 15.8 Å². The zero-order valence-electron chi connectivity index (χ0n) is 14.7. The molecule has 0 aliphatic carbocycles. The second-order valence-corrected chi connectivity index (χ2v) is 8.26. The van der Waals surface area contributed by atoms with Crippen molar-refractivity contribution in [2.24, 2.45) is 0 Å². The number of hydrogen-bond acceptors (Lipinski definition) is 4. The molecular formula is C17H21FN4O3S. The predicted octanol–water partition coefficient (Wildman–Crippen LogP) is 1.17. The first kappa shape index (κ1) is 18.5. The summed E-state index contributed by atoms with van der Waals surface area (Å²) in [6.07, 6.45) is 0. The van der Waals surface area contributed by atoms with Gasteiger partial charge in [0.25, 0.3) is 0 Å². The molecule has 0 spiro atoms. The van der Waals surface area contributed by atoms with Crippen LogP contribution in [0.3, 0.4) is 0 Å². The third-order valence-corrected chi connectivity index (χ3v) is 6.31. The normalized spacial score (nSPS) is 16.0. The zero-order valence-corrected chi connectivity index (χ0v) is 15.5.